The van der Waals surface area contributed by atoms with Crippen molar-refractivity contribution in [2.75, 3.05) is 18.4 Å². The van der Waals surface area contributed by atoms with E-state index in [0.29, 0.717) is 36.5 Å². The summed E-state index contributed by atoms with van der Waals surface area (Å²) in [5, 5.41) is 0. The first-order valence-electron chi connectivity index (χ1n) is 14.5. The summed E-state index contributed by atoms with van der Waals surface area (Å²) in [5.41, 5.74) is 1.65. The van der Waals surface area contributed by atoms with E-state index in [1.807, 2.05) is 9.29 Å². The summed E-state index contributed by atoms with van der Waals surface area (Å²) in [6.45, 7) is 7.81. The Morgan fingerprint density at radius 1 is 1.04 bits per heavy atom. The molecule has 6 rings (SSSR count). The summed E-state index contributed by atoms with van der Waals surface area (Å²) in [5.74, 6) is -3.21. The minimum absolute atomic E-state index is 0.108. The number of hydrogen-bond acceptors (Lipinski definition) is 8. The van der Waals surface area contributed by atoms with E-state index in [-0.39, 0.29) is 5.69 Å². The SMILES string of the molecule is COc1ncc(F)cc1S(=O)(=O)Nc1ccc(F)c(-c2cn3cnc(-c4c(C5CC5)ncn4COCC[Si](C)(C)C)c3cn2)c1F. The van der Waals surface area contributed by atoms with Gasteiger partial charge in [0.25, 0.3) is 10.0 Å². The maximum absolute atomic E-state index is 15.8. The lowest BCUT2D eigenvalue weighted by atomic mass is 10.1. The van der Waals surface area contributed by atoms with Crippen molar-refractivity contribution in [2.24, 2.45) is 0 Å². The minimum atomic E-state index is -4.59. The van der Waals surface area contributed by atoms with Crippen LogP contribution in [0.2, 0.25) is 25.7 Å². The normalized spacial score (nSPS) is 13.8. The number of hydrogen-bond donors (Lipinski definition) is 1. The molecule has 16 heteroatoms. The molecule has 242 valence electrons. The van der Waals surface area contributed by atoms with Gasteiger partial charge in [0.1, 0.15) is 30.4 Å². The predicted molar refractivity (Wildman–Crippen MR) is 167 cm³/mol. The van der Waals surface area contributed by atoms with Crippen LogP contribution < -0.4 is 9.46 Å². The van der Waals surface area contributed by atoms with Gasteiger partial charge in [-0.05, 0) is 31.0 Å². The average molecular weight is 672 g/mol. The summed E-state index contributed by atoms with van der Waals surface area (Å²) in [6.07, 6.45) is 8.95. The molecule has 0 bridgehead atoms. The van der Waals surface area contributed by atoms with Crippen molar-refractivity contribution in [1.82, 2.24) is 28.9 Å². The van der Waals surface area contributed by atoms with Crippen molar-refractivity contribution < 1.29 is 31.1 Å². The zero-order valence-electron chi connectivity index (χ0n) is 25.6. The molecule has 0 amide bonds. The largest absolute Gasteiger partial charge is 0.480 e. The fourth-order valence-corrected chi connectivity index (χ4v) is 6.93. The molecule has 0 unspecified atom stereocenters. The molecule has 0 aliphatic heterocycles. The van der Waals surface area contributed by atoms with Gasteiger partial charge in [-0.15, -0.1) is 0 Å². The van der Waals surface area contributed by atoms with Gasteiger partial charge in [-0.2, -0.15) is 0 Å². The molecule has 1 aliphatic carbocycles. The van der Waals surface area contributed by atoms with Crippen LogP contribution in [0.25, 0.3) is 28.2 Å². The third-order valence-electron chi connectivity index (χ3n) is 7.56. The Hall–Kier alpha value is -4.28. The highest BCUT2D eigenvalue weighted by atomic mass is 32.2. The summed E-state index contributed by atoms with van der Waals surface area (Å²) >= 11 is 0. The molecule has 0 atom stereocenters. The van der Waals surface area contributed by atoms with Crippen molar-refractivity contribution >= 4 is 29.3 Å². The first kappa shape index (κ1) is 31.7. The zero-order valence-corrected chi connectivity index (χ0v) is 27.4. The second kappa shape index (κ2) is 12.1. The number of nitrogens with zero attached hydrogens (tertiary/aromatic N) is 6. The number of halogens is 3. The van der Waals surface area contributed by atoms with Crippen molar-refractivity contribution in [2.45, 2.75) is 56.1 Å². The van der Waals surface area contributed by atoms with Gasteiger partial charge < -0.3 is 18.4 Å². The number of methoxy groups -OCH3 is 1. The van der Waals surface area contributed by atoms with Crippen LogP contribution in [0.5, 0.6) is 5.88 Å². The zero-order chi connectivity index (χ0) is 32.8. The second-order valence-electron chi connectivity index (χ2n) is 12.3. The van der Waals surface area contributed by atoms with E-state index in [1.54, 1.807) is 10.7 Å². The fourth-order valence-electron chi connectivity index (χ4n) is 4.98. The summed E-state index contributed by atoms with van der Waals surface area (Å²) in [6, 6.07) is 3.54. The molecule has 4 heterocycles. The number of rotatable bonds is 12. The molecular weight excluding hydrogens is 640 g/mol. The van der Waals surface area contributed by atoms with Crippen LogP contribution in [0.4, 0.5) is 18.9 Å². The third kappa shape index (κ3) is 6.36. The molecule has 46 heavy (non-hydrogen) atoms. The van der Waals surface area contributed by atoms with Crippen LogP contribution in [0.3, 0.4) is 0 Å². The lowest BCUT2D eigenvalue weighted by Gasteiger charge is -2.16. The van der Waals surface area contributed by atoms with E-state index in [9.17, 15) is 12.8 Å². The summed E-state index contributed by atoms with van der Waals surface area (Å²) in [7, 11) is -4.69. The predicted octanol–water partition coefficient (Wildman–Crippen LogP) is 6.07. The summed E-state index contributed by atoms with van der Waals surface area (Å²) in [4.78, 5) is 16.6. The lowest BCUT2D eigenvalue weighted by molar-refractivity contribution is 0.0881. The Labute approximate surface area is 264 Å². The molecule has 0 spiro atoms. The van der Waals surface area contributed by atoms with Gasteiger partial charge in [-0.25, -0.2) is 36.5 Å². The van der Waals surface area contributed by atoms with Crippen molar-refractivity contribution in [3.63, 3.8) is 0 Å². The molecule has 1 fully saturated rings. The first-order chi connectivity index (χ1) is 21.9. The maximum Gasteiger partial charge on any atom is 0.267 e. The van der Waals surface area contributed by atoms with Crippen molar-refractivity contribution in [3.8, 4) is 28.5 Å². The van der Waals surface area contributed by atoms with Crippen molar-refractivity contribution in [3.05, 3.63) is 72.6 Å². The lowest BCUT2D eigenvalue weighted by Crippen LogP contribution is -2.22. The number of imidazole rings is 2. The number of aromatic nitrogens is 6. The Morgan fingerprint density at radius 2 is 1.83 bits per heavy atom. The molecule has 5 aromatic rings. The van der Waals surface area contributed by atoms with Gasteiger partial charge >= 0.3 is 0 Å². The van der Waals surface area contributed by atoms with Crippen molar-refractivity contribution in [1.29, 1.82) is 0 Å². The number of fused-ring (bicyclic) bond motifs is 1. The molecule has 1 aromatic carbocycles. The van der Waals surface area contributed by atoms with E-state index in [2.05, 4.69) is 39.6 Å². The molecule has 0 radical (unpaired) electrons. The molecule has 11 nitrogen and oxygen atoms in total. The minimum Gasteiger partial charge on any atom is -0.480 e. The van der Waals surface area contributed by atoms with Gasteiger partial charge in [0.05, 0.1) is 59.7 Å². The van der Waals surface area contributed by atoms with Crippen LogP contribution in [0.15, 0.2) is 54.3 Å². The quantitative estimate of drug-likeness (QED) is 0.125. The Kier molecular flexibility index (Phi) is 8.37. The van der Waals surface area contributed by atoms with Gasteiger partial charge in [0.15, 0.2) is 10.7 Å². The number of pyridine rings is 1. The average Bonchev–Trinajstić information content (AvgIpc) is 3.63. The third-order valence-corrected chi connectivity index (χ3v) is 10.6. The van der Waals surface area contributed by atoms with Gasteiger partial charge in [0.2, 0.25) is 5.88 Å². The molecule has 0 saturated heterocycles. The second-order valence-corrected chi connectivity index (χ2v) is 19.6. The van der Waals surface area contributed by atoms with E-state index in [0.717, 1.165) is 55.7 Å². The van der Waals surface area contributed by atoms with Crippen LogP contribution in [0.1, 0.15) is 24.5 Å². The highest BCUT2D eigenvalue weighted by Gasteiger charge is 2.32. The number of ether oxygens (including phenoxy) is 2. The summed E-state index contributed by atoms with van der Waals surface area (Å²) < 4.78 is 87.3. The van der Waals surface area contributed by atoms with E-state index in [1.165, 1.54) is 18.7 Å². The van der Waals surface area contributed by atoms with E-state index in [4.69, 9.17) is 9.47 Å². The maximum atomic E-state index is 15.8. The standard InChI is InChI=1S/C30H32F3N7O4SSi/c1-43-30-24(11-19(31)12-35-30)45(41,42)38-21-8-7-20(32)25(26(21)33)22-14-39-15-37-28(23(39)13-34-22)29-27(18-5-6-18)36-16-40(29)17-44-9-10-46(2,3)4/h7-8,11-16,18,38H,5-6,9-10,17H2,1-4H3. The molecule has 4 aromatic heterocycles. The molecule has 1 N–H and O–H groups in total. The van der Waals surface area contributed by atoms with Gasteiger partial charge in [-0.3, -0.25) is 9.71 Å². The van der Waals surface area contributed by atoms with Gasteiger partial charge in [0, 0.05) is 32.9 Å². The number of anilines is 1. The first-order valence-corrected chi connectivity index (χ1v) is 19.7. The molecule has 1 aliphatic rings. The highest BCUT2D eigenvalue weighted by Crippen LogP contribution is 2.44. The number of nitrogens with one attached hydrogen (secondary N) is 1. The van der Waals surface area contributed by atoms with Crippen LogP contribution in [0, 0.1) is 17.5 Å². The Bertz CT molecular complexity index is 2040. The van der Waals surface area contributed by atoms with Gasteiger partial charge in [-0.1, -0.05) is 19.6 Å². The Balaban J connectivity index is 1.33. The topological polar surface area (TPSA) is 126 Å². The van der Waals surface area contributed by atoms with E-state index < -0.39 is 57.6 Å². The fraction of sp³-hybridized carbons (Fsp3) is 0.333. The van der Waals surface area contributed by atoms with E-state index >= 15 is 8.78 Å². The highest BCUT2D eigenvalue weighted by molar-refractivity contribution is 7.92. The number of sulfonamides is 1. The number of benzene rings is 1. The molecular formula is C30H32F3N7O4SSi. The Morgan fingerprint density at radius 3 is 2.54 bits per heavy atom. The smallest absolute Gasteiger partial charge is 0.267 e. The van der Waals surface area contributed by atoms with Crippen LogP contribution in [-0.2, 0) is 21.5 Å². The van der Waals surface area contributed by atoms with Crippen LogP contribution >= 0.6 is 0 Å². The molecule has 1 saturated carbocycles. The van der Waals surface area contributed by atoms with Crippen LogP contribution in [-0.4, -0.2) is 59.1 Å². The monoisotopic (exact) mass is 671 g/mol.